The third-order valence-corrected chi connectivity index (χ3v) is 4.62. The molecule has 158 valence electrons. The second-order valence-corrected chi connectivity index (χ2v) is 7.17. The van der Waals surface area contributed by atoms with Crippen LogP contribution >= 0.6 is 11.6 Å². The number of nitrogens with zero attached hydrogens (tertiary/aromatic N) is 3. The Hall–Kier alpha value is -3.00. The predicted molar refractivity (Wildman–Crippen MR) is 112 cm³/mol. The Kier molecular flexibility index (Phi) is 6.66. The number of nitrogens with one attached hydrogen (secondary N) is 1. The molecule has 1 aromatic heterocycles. The minimum absolute atomic E-state index is 0.0817. The van der Waals surface area contributed by atoms with Crippen molar-refractivity contribution in [1.29, 1.82) is 0 Å². The fourth-order valence-electron chi connectivity index (χ4n) is 2.88. The fourth-order valence-corrected chi connectivity index (χ4v) is 3.10. The van der Waals surface area contributed by atoms with Crippen molar-refractivity contribution in [2.45, 2.75) is 25.9 Å². The summed E-state index contributed by atoms with van der Waals surface area (Å²) in [6.07, 6.45) is -3.92. The molecule has 30 heavy (non-hydrogen) atoms. The molecule has 3 aromatic rings. The third kappa shape index (κ3) is 6.00. The summed E-state index contributed by atoms with van der Waals surface area (Å²) in [5, 5.41) is 12.9. The Morgan fingerprint density at radius 2 is 1.80 bits per heavy atom. The van der Waals surface area contributed by atoms with E-state index in [2.05, 4.69) is 15.3 Å². The number of hydrogen-bond donors (Lipinski definition) is 2. The van der Waals surface area contributed by atoms with Gasteiger partial charge >= 0.3 is 6.18 Å². The first kappa shape index (κ1) is 21.7. The van der Waals surface area contributed by atoms with Crippen LogP contribution in [0.25, 0.3) is 0 Å². The van der Waals surface area contributed by atoms with E-state index in [0.717, 1.165) is 5.56 Å². The molecule has 0 saturated heterocycles. The van der Waals surface area contributed by atoms with E-state index in [1.165, 1.54) is 18.5 Å². The number of alkyl halides is 3. The van der Waals surface area contributed by atoms with Gasteiger partial charge in [-0.15, -0.1) is 0 Å². The van der Waals surface area contributed by atoms with Gasteiger partial charge in [0.25, 0.3) is 0 Å². The number of anilines is 4. The Bertz CT molecular complexity index is 996. The summed E-state index contributed by atoms with van der Waals surface area (Å²) in [6, 6.07) is 13.4. The maximum atomic E-state index is 12.7. The predicted octanol–water partition coefficient (Wildman–Crippen LogP) is 6.37. The number of phenolic OH excluding ortho intramolecular Hbond substituents is 1. The van der Waals surface area contributed by atoms with Crippen LogP contribution in [0.5, 0.6) is 5.75 Å². The number of hydrogen-bond acceptors (Lipinski definition) is 5. The van der Waals surface area contributed by atoms with Crippen molar-refractivity contribution in [3.05, 3.63) is 65.4 Å². The average molecular weight is 437 g/mol. The van der Waals surface area contributed by atoms with Gasteiger partial charge in [-0.05, 0) is 55.3 Å². The van der Waals surface area contributed by atoms with Crippen molar-refractivity contribution >= 4 is 34.6 Å². The second-order valence-electron chi connectivity index (χ2n) is 6.76. The third-order valence-electron chi connectivity index (χ3n) is 4.30. The highest BCUT2D eigenvalue weighted by molar-refractivity contribution is 6.33. The molecule has 5 nitrogen and oxygen atoms in total. The first-order valence-electron chi connectivity index (χ1n) is 9.20. The van der Waals surface area contributed by atoms with Crippen LogP contribution < -0.4 is 10.2 Å². The number of aromatic nitrogens is 2. The molecule has 2 N–H and O–H groups in total. The zero-order valence-corrected chi connectivity index (χ0v) is 16.9. The molecule has 0 fully saturated rings. The molecule has 2 aromatic carbocycles. The van der Waals surface area contributed by atoms with Crippen LogP contribution in [0.15, 0.2) is 54.9 Å². The lowest BCUT2D eigenvalue weighted by Crippen LogP contribution is -2.22. The summed E-state index contributed by atoms with van der Waals surface area (Å²) >= 11 is 6.35. The molecule has 1 heterocycles. The maximum Gasteiger partial charge on any atom is 0.389 e. The number of benzene rings is 2. The Morgan fingerprint density at radius 3 is 2.50 bits per heavy atom. The number of halogens is 4. The first-order chi connectivity index (χ1) is 14.2. The molecule has 0 radical (unpaired) electrons. The molecule has 0 unspecified atom stereocenters. The van der Waals surface area contributed by atoms with E-state index < -0.39 is 12.6 Å². The van der Waals surface area contributed by atoms with E-state index in [0.29, 0.717) is 28.0 Å². The van der Waals surface area contributed by atoms with Crippen molar-refractivity contribution < 1.29 is 18.3 Å². The largest absolute Gasteiger partial charge is 0.508 e. The number of phenols is 1. The Morgan fingerprint density at radius 1 is 1.07 bits per heavy atom. The Labute approximate surface area is 177 Å². The highest BCUT2D eigenvalue weighted by atomic mass is 35.5. The number of rotatable bonds is 7. The lowest BCUT2D eigenvalue weighted by atomic mass is 10.2. The lowest BCUT2D eigenvalue weighted by Gasteiger charge is -2.26. The average Bonchev–Trinajstić information content (AvgIpc) is 2.69. The van der Waals surface area contributed by atoms with Gasteiger partial charge in [-0.3, -0.25) is 0 Å². The lowest BCUT2D eigenvalue weighted by molar-refractivity contribution is -0.134. The summed E-state index contributed by atoms with van der Waals surface area (Å²) < 4.78 is 38.1. The zero-order chi connectivity index (χ0) is 21.7. The highest BCUT2D eigenvalue weighted by Gasteiger charge is 2.27. The summed E-state index contributed by atoms with van der Waals surface area (Å²) in [5.74, 6) is 1.00. The van der Waals surface area contributed by atoms with Crippen LogP contribution in [0.2, 0.25) is 5.02 Å². The molecular weight excluding hydrogens is 417 g/mol. The Balaban J connectivity index is 1.90. The molecule has 0 saturated carbocycles. The minimum Gasteiger partial charge on any atom is -0.508 e. The van der Waals surface area contributed by atoms with Crippen molar-refractivity contribution in [3.8, 4) is 5.75 Å². The van der Waals surface area contributed by atoms with Gasteiger partial charge in [0.2, 0.25) is 0 Å². The number of aryl methyl sites for hydroxylation is 1. The smallest absolute Gasteiger partial charge is 0.389 e. The van der Waals surface area contributed by atoms with Crippen LogP contribution in [0.3, 0.4) is 0 Å². The number of aromatic hydroxyl groups is 1. The monoisotopic (exact) mass is 436 g/mol. The van der Waals surface area contributed by atoms with Gasteiger partial charge in [-0.2, -0.15) is 13.2 Å². The van der Waals surface area contributed by atoms with E-state index in [1.807, 2.05) is 19.1 Å². The quantitative estimate of drug-likeness (QED) is 0.421. The van der Waals surface area contributed by atoms with Crippen LogP contribution in [0.4, 0.5) is 36.2 Å². The molecule has 9 heteroatoms. The first-order valence-corrected chi connectivity index (χ1v) is 9.57. The second kappa shape index (κ2) is 9.21. The molecule has 0 aliphatic heterocycles. The van der Waals surface area contributed by atoms with Crippen LogP contribution in [-0.4, -0.2) is 27.8 Å². The molecule has 3 rings (SSSR count). The molecule has 0 amide bonds. The van der Waals surface area contributed by atoms with Gasteiger partial charge in [0, 0.05) is 24.7 Å². The minimum atomic E-state index is -4.24. The van der Waals surface area contributed by atoms with E-state index >= 15 is 0 Å². The van der Waals surface area contributed by atoms with E-state index in [1.54, 1.807) is 29.2 Å². The SMILES string of the molecule is Cc1ccc(Cl)c(N(CCCC(F)(F)F)c2cc(Nc3ccc(O)cc3)ncn2)c1. The fraction of sp³-hybridized carbons (Fsp3) is 0.238. The van der Waals surface area contributed by atoms with E-state index in [4.69, 9.17) is 11.6 Å². The molecular formula is C21H20ClF3N4O. The summed E-state index contributed by atoms with van der Waals surface area (Å²) in [4.78, 5) is 10.1. The summed E-state index contributed by atoms with van der Waals surface area (Å²) in [5.41, 5.74) is 2.19. The summed E-state index contributed by atoms with van der Waals surface area (Å²) in [6.45, 7) is 1.96. The van der Waals surface area contributed by atoms with Gasteiger partial charge < -0.3 is 15.3 Å². The van der Waals surface area contributed by atoms with Gasteiger partial charge in [-0.1, -0.05) is 17.7 Å². The molecule has 0 aliphatic carbocycles. The normalized spacial score (nSPS) is 11.4. The van der Waals surface area contributed by atoms with Gasteiger partial charge in [0.05, 0.1) is 10.7 Å². The van der Waals surface area contributed by atoms with Crippen molar-refractivity contribution in [1.82, 2.24) is 9.97 Å². The van der Waals surface area contributed by atoms with Crippen molar-refractivity contribution in [2.24, 2.45) is 0 Å². The van der Waals surface area contributed by atoms with Crippen molar-refractivity contribution in [3.63, 3.8) is 0 Å². The van der Waals surface area contributed by atoms with E-state index in [9.17, 15) is 18.3 Å². The zero-order valence-electron chi connectivity index (χ0n) is 16.1. The van der Waals surface area contributed by atoms with Gasteiger partial charge in [-0.25, -0.2) is 9.97 Å². The topological polar surface area (TPSA) is 61.3 Å². The van der Waals surface area contributed by atoms with Crippen LogP contribution in [0, 0.1) is 6.92 Å². The molecule has 0 atom stereocenters. The van der Waals surface area contributed by atoms with Crippen LogP contribution in [0.1, 0.15) is 18.4 Å². The highest BCUT2D eigenvalue weighted by Crippen LogP contribution is 2.34. The van der Waals surface area contributed by atoms with Crippen molar-refractivity contribution in [2.75, 3.05) is 16.8 Å². The van der Waals surface area contributed by atoms with Gasteiger partial charge in [0.1, 0.15) is 23.7 Å². The molecule has 0 aliphatic rings. The van der Waals surface area contributed by atoms with E-state index in [-0.39, 0.29) is 18.7 Å². The maximum absolute atomic E-state index is 12.7. The summed E-state index contributed by atoms with van der Waals surface area (Å²) in [7, 11) is 0. The molecule has 0 spiro atoms. The standard InChI is InChI=1S/C21H20ClF3N4O/c1-14-3-8-17(22)18(11-14)29(10-2-9-21(23,24)25)20-12-19(26-13-27-20)28-15-4-6-16(30)7-5-15/h3-8,11-13,30H,2,9-10H2,1H3,(H,26,27,28). The van der Waals surface area contributed by atoms with Gasteiger partial charge in [0.15, 0.2) is 0 Å². The van der Waals surface area contributed by atoms with Crippen LogP contribution in [-0.2, 0) is 0 Å². The molecule has 0 bridgehead atoms.